The Balaban J connectivity index is 3.04. The molecule has 18 heavy (non-hydrogen) atoms. The Morgan fingerprint density at radius 2 is 1.89 bits per heavy atom. The fraction of sp³-hybridized carbons (Fsp3) is 0.538. The summed E-state index contributed by atoms with van der Waals surface area (Å²) in [5.41, 5.74) is 1.47. The highest BCUT2D eigenvalue weighted by atomic mass is 32.2. The molecule has 5 heteroatoms. The normalized spacial score (nSPS) is 15.3. The van der Waals surface area contributed by atoms with Crippen LogP contribution >= 0.6 is 0 Å². The molecule has 2 atom stereocenters. The van der Waals surface area contributed by atoms with E-state index < -0.39 is 15.4 Å². The second kappa shape index (κ2) is 6.31. The van der Waals surface area contributed by atoms with Gasteiger partial charge in [0.25, 0.3) is 10.1 Å². The topological polar surface area (TPSA) is 74.6 Å². The maximum atomic E-state index is 11.5. The van der Waals surface area contributed by atoms with Gasteiger partial charge in [0.05, 0.1) is 0 Å². The van der Waals surface area contributed by atoms with Gasteiger partial charge in [0.1, 0.15) is 5.25 Å². The predicted octanol–water partition coefficient (Wildman–Crippen LogP) is 2.33. The van der Waals surface area contributed by atoms with Crippen molar-refractivity contribution < 1.29 is 18.1 Å². The Bertz CT molecular complexity index is 482. The molecule has 0 saturated heterocycles. The summed E-state index contributed by atoms with van der Waals surface area (Å²) >= 11 is 0. The van der Waals surface area contributed by atoms with Crippen molar-refractivity contribution in [1.29, 1.82) is 0 Å². The van der Waals surface area contributed by atoms with Gasteiger partial charge < -0.3 is 5.11 Å². The molecule has 0 amide bonds. The van der Waals surface area contributed by atoms with Crippen molar-refractivity contribution >= 4 is 10.1 Å². The lowest BCUT2D eigenvalue weighted by molar-refractivity contribution is 0.256. The van der Waals surface area contributed by atoms with Gasteiger partial charge in [0.15, 0.2) is 0 Å². The number of rotatable bonds is 6. The molecule has 2 unspecified atom stereocenters. The maximum absolute atomic E-state index is 11.5. The molecule has 0 saturated carbocycles. The van der Waals surface area contributed by atoms with Crippen LogP contribution in [0.4, 0.5) is 0 Å². The summed E-state index contributed by atoms with van der Waals surface area (Å²) in [6.45, 7) is 3.71. The summed E-state index contributed by atoms with van der Waals surface area (Å²) in [6, 6.07) is 7.14. The molecule has 1 rings (SSSR count). The Kier molecular flexibility index (Phi) is 5.31. The van der Waals surface area contributed by atoms with Crippen molar-refractivity contribution in [2.24, 2.45) is 5.92 Å². The first-order valence-corrected chi connectivity index (χ1v) is 7.49. The van der Waals surface area contributed by atoms with E-state index in [0.717, 1.165) is 5.56 Å². The van der Waals surface area contributed by atoms with Crippen molar-refractivity contribution in [3.63, 3.8) is 0 Å². The molecule has 1 aromatic rings. The van der Waals surface area contributed by atoms with Crippen molar-refractivity contribution in [3.05, 3.63) is 35.4 Å². The average molecular weight is 272 g/mol. The van der Waals surface area contributed by atoms with E-state index in [2.05, 4.69) is 0 Å². The fourth-order valence-corrected chi connectivity index (χ4v) is 3.22. The van der Waals surface area contributed by atoms with E-state index in [1.807, 2.05) is 26.0 Å². The van der Waals surface area contributed by atoms with Gasteiger partial charge in [-0.25, -0.2) is 0 Å². The first-order chi connectivity index (χ1) is 8.36. The molecule has 0 spiro atoms. The predicted molar refractivity (Wildman–Crippen MR) is 71.0 cm³/mol. The minimum Gasteiger partial charge on any atom is -0.396 e. The van der Waals surface area contributed by atoms with Crippen molar-refractivity contribution in [1.82, 2.24) is 0 Å². The number of aliphatic hydroxyl groups is 1. The lowest BCUT2D eigenvalue weighted by Gasteiger charge is -2.20. The van der Waals surface area contributed by atoms with E-state index in [0.29, 0.717) is 18.4 Å². The van der Waals surface area contributed by atoms with Gasteiger partial charge in [0.2, 0.25) is 0 Å². The molecule has 0 aliphatic carbocycles. The van der Waals surface area contributed by atoms with Crippen LogP contribution in [0.15, 0.2) is 24.3 Å². The number of aryl methyl sites for hydroxylation is 1. The monoisotopic (exact) mass is 272 g/mol. The van der Waals surface area contributed by atoms with E-state index >= 15 is 0 Å². The van der Waals surface area contributed by atoms with Gasteiger partial charge in [-0.15, -0.1) is 0 Å². The lowest BCUT2D eigenvalue weighted by Crippen LogP contribution is -2.17. The second-order valence-corrected chi connectivity index (χ2v) is 6.31. The zero-order valence-corrected chi connectivity index (χ0v) is 11.5. The average Bonchev–Trinajstić information content (AvgIpc) is 2.26. The summed E-state index contributed by atoms with van der Waals surface area (Å²) in [7, 11) is -4.14. The summed E-state index contributed by atoms with van der Waals surface area (Å²) in [6.07, 6.45) is 0.835. The first-order valence-electron chi connectivity index (χ1n) is 5.99. The Labute approximate surface area is 108 Å². The highest BCUT2D eigenvalue weighted by Crippen LogP contribution is 2.31. The zero-order valence-electron chi connectivity index (χ0n) is 10.7. The molecule has 102 valence electrons. The molecule has 0 aliphatic rings. The molecule has 2 N–H and O–H groups in total. The highest BCUT2D eigenvalue weighted by Gasteiger charge is 2.27. The summed E-state index contributed by atoms with van der Waals surface area (Å²) in [5.74, 6) is 0.0292. The van der Waals surface area contributed by atoms with Gasteiger partial charge in [0, 0.05) is 6.61 Å². The van der Waals surface area contributed by atoms with E-state index in [9.17, 15) is 13.0 Å². The van der Waals surface area contributed by atoms with Gasteiger partial charge in [-0.1, -0.05) is 31.2 Å². The minimum absolute atomic E-state index is 0.0210. The van der Waals surface area contributed by atoms with Crippen LogP contribution in [0.25, 0.3) is 0 Å². The molecule has 0 aromatic heterocycles. The summed E-state index contributed by atoms with van der Waals surface area (Å²) in [4.78, 5) is 0. The third kappa shape index (κ3) is 4.08. The molecular formula is C13H20O4S. The van der Waals surface area contributed by atoms with Gasteiger partial charge in [-0.05, 0) is 36.8 Å². The standard InChI is InChI=1S/C13H20O4S/c1-10(7-8-14)9-13(18(15,16)17)12-6-4-3-5-11(12)2/h3-6,10,13-14H,7-9H2,1-2H3,(H,15,16,17). The molecule has 0 aliphatic heterocycles. The third-order valence-electron chi connectivity index (χ3n) is 3.13. The van der Waals surface area contributed by atoms with E-state index in [4.69, 9.17) is 5.11 Å². The smallest absolute Gasteiger partial charge is 0.272 e. The maximum Gasteiger partial charge on any atom is 0.272 e. The highest BCUT2D eigenvalue weighted by molar-refractivity contribution is 7.86. The van der Waals surface area contributed by atoms with Crippen LogP contribution in [0.2, 0.25) is 0 Å². The number of hydrogen-bond donors (Lipinski definition) is 2. The van der Waals surface area contributed by atoms with Crippen molar-refractivity contribution in [3.8, 4) is 0 Å². The number of aliphatic hydroxyl groups excluding tert-OH is 1. The zero-order chi connectivity index (χ0) is 13.8. The largest absolute Gasteiger partial charge is 0.396 e. The van der Waals surface area contributed by atoms with Crippen LogP contribution < -0.4 is 0 Å². The summed E-state index contributed by atoms with van der Waals surface area (Å²) < 4.78 is 32.4. The first kappa shape index (κ1) is 15.1. The van der Waals surface area contributed by atoms with Crippen LogP contribution in [0.3, 0.4) is 0 Å². The van der Waals surface area contributed by atoms with Crippen molar-refractivity contribution in [2.75, 3.05) is 6.61 Å². The molecule has 1 aromatic carbocycles. The SMILES string of the molecule is Cc1ccccc1C(CC(C)CCO)S(=O)(=O)O. The van der Waals surface area contributed by atoms with Gasteiger partial charge >= 0.3 is 0 Å². The van der Waals surface area contributed by atoms with Gasteiger partial charge in [-0.3, -0.25) is 4.55 Å². The lowest BCUT2D eigenvalue weighted by atomic mass is 9.96. The Hall–Kier alpha value is -0.910. The third-order valence-corrected chi connectivity index (χ3v) is 4.30. The van der Waals surface area contributed by atoms with Crippen LogP contribution in [-0.2, 0) is 10.1 Å². The Morgan fingerprint density at radius 3 is 2.39 bits per heavy atom. The van der Waals surface area contributed by atoms with Crippen LogP contribution in [0.5, 0.6) is 0 Å². The van der Waals surface area contributed by atoms with Crippen LogP contribution in [-0.4, -0.2) is 24.7 Å². The van der Waals surface area contributed by atoms with E-state index in [1.54, 1.807) is 12.1 Å². The van der Waals surface area contributed by atoms with Gasteiger partial charge in [-0.2, -0.15) is 8.42 Å². The fourth-order valence-electron chi connectivity index (χ4n) is 2.06. The minimum atomic E-state index is -4.14. The molecular weight excluding hydrogens is 252 g/mol. The molecule has 0 radical (unpaired) electrons. The molecule has 0 bridgehead atoms. The molecule has 0 heterocycles. The van der Waals surface area contributed by atoms with Crippen molar-refractivity contribution in [2.45, 2.75) is 31.9 Å². The summed E-state index contributed by atoms with van der Waals surface area (Å²) in [5, 5.41) is 7.95. The Morgan fingerprint density at radius 1 is 1.28 bits per heavy atom. The van der Waals surface area contributed by atoms with E-state index in [-0.39, 0.29) is 12.5 Å². The van der Waals surface area contributed by atoms with E-state index in [1.165, 1.54) is 0 Å². The number of benzene rings is 1. The quantitative estimate of drug-likeness (QED) is 0.779. The van der Waals surface area contributed by atoms with Crippen LogP contribution in [0.1, 0.15) is 36.1 Å². The number of hydrogen-bond acceptors (Lipinski definition) is 3. The van der Waals surface area contributed by atoms with Crippen LogP contribution in [0, 0.1) is 12.8 Å². The molecule has 4 nitrogen and oxygen atoms in total. The second-order valence-electron chi connectivity index (χ2n) is 4.71. The molecule has 0 fully saturated rings.